The fourth-order valence-corrected chi connectivity index (χ4v) is 2.79. The van der Waals surface area contributed by atoms with Crippen molar-refractivity contribution in [2.75, 3.05) is 32.8 Å². The van der Waals surface area contributed by atoms with Crippen molar-refractivity contribution in [1.29, 1.82) is 0 Å². The molecule has 0 N–H and O–H groups in total. The number of ether oxygens (including phenoxy) is 2. The summed E-state index contributed by atoms with van der Waals surface area (Å²) < 4.78 is 11.4. The fourth-order valence-electron chi connectivity index (χ4n) is 2.62. The minimum atomic E-state index is -0.343. The average Bonchev–Trinajstić information content (AvgIpc) is 2.66. The second-order valence-corrected chi connectivity index (χ2v) is 5.32. The lowest BCUT2D eigenvalue weighted by atomic mass is 9.89. The summed E-state index contributed by atoms with van der Waals surface area (Å²) in [5.41, 5.74) is 0. The Morgan fingerprint density at radius 3 is 2.44 bits per heavy atom. The SMILES string of the molecule is C=C(Cl)CN1CCC(C2(C)OCCO2)CC1. The summed E-state index contributed by atoms with van der Waals surface area (Å²) in [6, 6.07) is 0. The van der Waals surface area contributed by atoms with E-state index in [0.29, 0.717) is 5.92 Å². The molecule has 4 heteroatoms. The second-order valence-electron chi connectivity index (χ2n) is 4.78. The van der Waals surface area contributed by atoms with Crippen LogP contribution in [0.25, 0.3) is 0 Å². The first-order valence-electron chi connectivity index (χ1n) is 5.94. The van der Waals surface area contributed by atoms with Gasteiger partial charge in [0.25, 0.3) is 0 Å². The van der Waals surface area contributed by atoms with E-state index in [1.807, 2.05) is 0 Å². The van der Waals surface area contributed by atoms with Crippen LogP contribution in [0, 0.1) is 5.92 Å². The first kappa shape index (κ1) is 12.4. The molecular formula is C12H20ClNO2. The number of halogens is 1. The van der Waals surface area contributed by atoms with E-state index in [1.165, 1.54) is 0 Å². The molecule has 0 atom stereocenters. The number of rotatable bonds is 3. The molecule has 0 aliphatic carbocycles. The maximum atomic E-state index is 5.82. The molecule has 2 aliphatic rings. The first-order chi connectivity index (χ1) is 7.60. The molecule has 2 fully saturated rings. The zero-order valence-corrected chi connectivity index (χ0v) is 10.6. The van der Waals surface area contributed by atoms with Crippen molar-refractivity contribution in [3.8, 4) is 0 Å². The zero-order valence-electron chi connectivity index (χ0n) is 9.88. The van der Waals surface area contributed by atoms with Crippen molar-refractivity contribution in [2.45, 2.75) is 25.6 Å². The normalized spacial score (nSPS) is 27.1. The van der Waals surface area contributed by atoms with Gasteiger partial charge < -0.3 is 9.47 Å². The first-order valence-corrected chi connectivity index (χ1v) is 6.31. The molecule has 0 aromatic heterocycles. The lowest BCUT2D eigenvalue weighted by Gasteiger charge is -2.38. The lowest BCUT2D eigenvalue weighted by Crippen LogP contribution is -2.44. The van der Waals surface area contributed by atoms with Crippen LogP contribution < -0.4 is 0 Å². The smallest absolute Gasteiger partial charge is 0.168 e. The fraction of sp³-hybridized carbons (Fsp3) is 0.833. The highest BCUT2D eigenvalue weighted by Crippen LogP contribution is 2.35. The van der Waals surface area contributed by atoms with E-state index in [0.717, 1.165) is 50.7 Å². The van der Waals surface area contributed by atoms with Crippen LogP contribution in [0.3, 0.4) is 0 Å². The molecule has 3 nitrogen and oxygen atoms in total. The van der Waals surface area contributed by atoms with Crippen LogP contribution in [0.5, 0.6) is 0 Å². The quantitative estimate of drug-likeness (QED) is 0.761. The molecule has 0 unspecified atom stereocenters. The Morgan fingerprint density at radius 2 is 1.94 bits per heavy atom. The van der Waals surface area contributed by atoms with Gasteiger partial charge in [-0.15, -0.1) is 0 Å². The highest BCUT2D eigenvalue weighted by atomic mass is 35.5. The molecule has 0 spiro atoms. The van der Waals surface area contributed by atoms with Crippen molar-refractivity contribution < 1.29 is 9.47 Å². The van der Waals surface area contributed by atoms with Crippen molar-refractivity contribution in [1.82, 2.24) is 4.90 Å². The Morgan fingerprint density at radius 1 is 1.38 bits per heavy atom. The van der Waals surface area contributed by atoms with Gasteiger partial charge in [0, 0.05) is 17.5 Å². The van der Waals surface area contributed by atoms with Crippen molar-refractivity contribution in [3.05, 3.63) is 11.6 Å². The van der Waals surface area contributed by atoms with Gasteiger partial charge in [-0.3, -0.25) is 4.90 Å². The van der Waals surface area contributed by atoms with Crippen LogP contribution in [0.2, 0.25) is 0 Å². The summed E-state index contributed by atoms with van der Waals surface area (Å²) in [4.78, 5) is 2.34. The minimum absolute atomic E-state index is 0.343. The van der Waals surface area contributed by atoms with Gasteiger partial charge in [-0.2, -0.15) is 0 Å². The van der Waals surface area contributed by atoms with Crippen LogP contribution in [0.15, 0.2) is 11.6 Å². The molecule has 2 saturated heterocycles. The summed E-state index contributed by atoms with van der Waals surface area (Å²) in [6.07, 6.45) is 2.22. The third-order valence-corrected chi connectivity index (χ3v) is 3.70. The van der Waals surface area contributed by atoms with E-state index in [4.69, 9.17) is 21.1 Å². The molecule has 0 saturated carbocycles. The molecule has 0 amide bonds. The molecule has 2 aliphatic heterocycles. The third kappa shape index (κ3) is 2.77. The van der Waals surface area contributed by atoms with Gasteiger partial charge in [0.15, 0.2) is 5.79 Å². The standard InChI is InChI=1S/C12H20ClNO2/c1-10(13)9-14-5-3-11(4-6-14)12(2)15-7-8-16-12/h11H,1,3-9H2,2H3. The second kappa shape index (κ2) is 5.05. The Labute approximate surface area is 102 Å². The molecule has 2 heterocycles. The van der Waals surface area contributed by atoms with Gasteiger partial charge in [-0.05, 0) is 32.9 Å². The summed E-state index contributed by atoms with van der Waals surface area (Å²) in [7, 11) is 0. The maximum absolute atomic E-state index is 5.82. The van der Waals surface area contributed by atoms with E-state index in [1.54, 1.807) is 0 Å². The van der Waals surface area contributed by atoms with Crippen LogP contribution in [0.1, 0.15) is 19.8 Å². The number of piperidine rings is 1. The Balaban J connectivity index is 1.82. The summed E-state index contributed by atoms with van der Waals surface area (Å²) in [6.45, 7) is 10.2. The Hall–Kier alpha value is -0.0900. The number of likely N-dealkylation sites (tertiary alicyclic amines) is 1. The zero-order chi connectivity index (χ0) is 11.6. The van der Waals surface area contributed by atoms with Crippen molar-refractivity contribution in [2.24, 2.45) is 5.92 Å². The topological polar surface area (TPSA) is 21.7 Å². The number of nitrogens with zero attached hydrogens (tertiary/aromatic N) is 1. The average molecular weight is 246 g/mol. The van der Waals surface area contributed by atoms with E-state index in [2.05, 4.69) is 18.4 Å². The highest BCUT2D eigenvalue weighted by molar-refractivity contribution is 6.29. The van der Waals surface area contributed by atoms with Crippen molar-refractivity contribution in [3.63, 3.8) is 0 Å². The Kier molecular flexibility index (Phi) is 3.90. The van der Waals surface area contributed by atoms with E-state index < -0.39 is 0 Å². The highest BCUT2D eigenvalue weighted by Gasteiger charge is 2.41. The monoisotopic (exact) mass is 245 g/mol. The molecule has 16 heavy (non-hydrogen) atoms. The van der Waals surface area contributed by atoms with Gasteiger partial charge in [0.05, 0.1) is 13.2 Å². The number of hydrogen-bond donors (Lipinski definition) is 0. The number of hydrogen-bond acceptors (Lipinski definition) is 3. The van der Waals surface area contributed by atoms with Crippen molar-refractivity contribution >= 4 is 11.6 Å². The lowest BCUT2D eigenvalue weighted by molar-refractivity contribution is -0.190. The van der Waals surface area contributed by atoms with Crippen LogP contribution in [0.4, 0.5) is 0 Å². The molecule has 0 bridgehead atoms. The molecule has 92 valence electrons. The van der Waals surface area contributed by atoms with Gasteiger partial charge in [0.2, 0.25) is 0 Å². The summed E-state index contributed by atoms with van der Waals surface area (Å²) >= 11 is 5.82. The molecule has 0 radical (unpaired) electrons. The molecular weight excluding hydrogens is 226 g/mol. The van der Waals surface area contributed by atoms with Gasteiger partial charge in [0.1, 0.15) is 0 Å². The Bertz CT molecular complexity index is 256. The van der Waals surface area contributed by atoms with E-state index in [9.17, 15) is 0 Å². The predicted molar refractivity (Wildman–Crippen MR) is 64.5 cm³/mol. The minimum Gasteiger partial charge on any atom is -0.348 e. The van der Waals surface area contributed by atoms with E-state index >= 15 is 0 Å². The van der Waals surface area contributed by atoms with Gasteiger partial charge in [-0.1, -0.05) is 18.2 Å². The summed E-state index contributed by atoms with van der Waals surface area (Å²) in [5, 5.41) is 0.720. The molecule has 2 rings (SSSR count). The van der Waals surface area contributed by atoms with Crippen LogP contribution >= 0.6 is 11.6 Å². The summed E-state index contributed by atoms with van der Waals surface area (Å²) in [5.74, 6) is 0.166. The maximum Gasteiger partial charge on any atom is 0.168 e. The third-order valence-electron chi connectivity index (χ3n) is 3.58. The predicted octanol–water partition coefficient (Wildman–Crippen LogP) is 2.21. The molecule has 0 aromatic rings. The van der Waals surface area contributed by atoms with Gasteiger partial charge in [-0.25, -0.2) is 0 Å². The van der Waals surface area contributed by atoms with E-state index in [-0.39, 0.29) is 5.79 Å². The largest absolute Gasteiger partial charge is 0.348 e. The van der Waals surface area contributed by atoms with Crippen LogP contribution in [-0.2, 0) is 9.47 Å². The molecule has 0 aromatic carbocycles. The van der Waals surface area contributed by atoms with Crippen LogP contribution in [-0.4, -0.2) is 43.5 Å². The van der Waals surface area contributed by atoms with Gasteiger partial charge >= 0.3 is 0 Å².